The molecule has 0 saturated carbocycles. The van der Waals surface area contributed by atoms with Gasteiger partial charge in [0.15, 0.2) is 5.96 Å². The highest BCUT2D eigenvalue weighted by atomic mass is 16.5. The van der Waals surface area contributed by atoms with Crippen molar-refractivity contribution < 1.29 is 9.47 Å². The van der Waals surface area contributed by atoms with Crippen molar-refractivity contribution in [2.75, 3.05) is 64.9 Å². The largest absolute Gasteiger partial charge is 0.497 e. The average Bonchev–Trinajstić information content (AvgIpc) is 2.82. The molecule has 0 amide bonds. The Kier molecular flexibility index (Phi) is 8.71. The van der Waals surface area contributed by atoms with E-state index >= 15 is 0 Å². The highest BCUT2D eigenvalue weighted by molar-refractivity contribution is 5.79. The Bertz CT molecular complexity index is 811. The molecule has 1 unspecified atom stereocenters. The van der Waals surface area contributed by atoms with Crippen molar-refractivity contribution in [1.29, 1.82) is 0 Å². The van der Waals surface area contributed by atoms with E-state index in [1.54, 1.807) is 26.6 Å². The Labute approximate surface area is 184 Å². The fourth-order valence-electron chi connectivity index (χ4n) is 3.37. The van der Waals surface area contributed by atoms with Gasteiger partial charge in [0.05, 0.1) is 13.7 Å². The maximum absolute atomic E-state index is 5.95. The lowest BCUT2D eigenvalue weighted by Gasteiger charge is -2.34. The van der Waals surface area contributed by atoms with Crippen LogP contribution in [0.4, 0.5) is 5.95 Å². The second kappa shape index (κ2) is 11.9. The normalized spacial score (nSPS) is 16.0. The van der Waals surface area contributed by atoms with E-state index in [4.69, 9.17) is 9.47 Å². The number of methoxy groups -OCH3 is 1. The predicted molar refractivity (Wildman–Crippen MR) is 123 cm³/mol. The number of piperazine rings is 1. The Morgan fingerprint density at radius 1 is 1.10 bits per heavy atom. The second-order valence-corrected chi connectivity index (χ2v) is 7.36. The minimum Gasteiger partial charge on any atom is -0.497 e. The van der Waals surface area contributed by atoms with Gasteiger partial charge in [0.1, 0.15) is 17.6 Å². The molecular weight excluding hydrogens is 394 g/mol. The van der Waals surface area contributed by atoms with Gasteiger partial charge in [-0.15, -0.1) is 0 Å². The van der Waals surface area contributed by atoms with E-state index in [1.807, 2.05) is 37.3 Å². The lowest BCUT2D eigenvalue weighted by Crippen LogP contribution is -2.50. The number of guanidine groups is 1. The topological polar surface area (TPSA) is 87.1 Å². The molecule has 1 aromatic carbocycles. The first-order valence-electron chi connectivity index (χ1n) is 10.7. The van der Waals surface area contributed by atoms with Crippen molar-refractivity contribution in [3.63, 3.8) is 0 Å². The summed E-state index contributed by atoms with van der Waals surface area (Å²) in [5.41, 5.74) is 0. The average molecular weight is 428 g/mol. The van der Waals surface area contributed by atoms with Gasteiger partial charge in [0, 0.05) is 64.8 Å². The van der Waals surface area contributed by atoms with E-state index in [-0.39, 0.29) is 6.10 Å². The van der Waals surface area contributed by atoms with Crippen LogP contribution in [0.2, 0.25) is 0 Å². The molecule has 0 bridgehead atoms. The first kappa shape index (κ1) is 22.6. The highest BCUT2D eigenvalue weighted by Gasteiger charge is 2.18. The van der Waals surface area contributed by atoms with Crippen LogP contribution >= 0.6 is 0 Å². The van der Waals surface area contributed by atoms with E-state index in [0.29, 0.717) is 6.54 Å². The summed E-state index contributed by atoms with van der Waals surface area (Å²) in [6.45, 7) is 8.33. The molecule has 1 fully saturated rings. The summed E-state index contributed by atoms with van der Waals surface area (Å²) in [4.78, 5) is 17.6. The molecule has 1 aromatic heterocycles. The molecule has 168 valence electrons. The number of ether oxygens (including phenoxy) is 2. The third kappa shape index (κ3) is 7.29. The zero-order valence-electron chi connectivity index (χ0n) is 18.6. The minimum atomic E-state index is -0.0149. The molecule has 31 heavy (non-hydrogen) atoms. The monoisotopic (exact) mass is 427 g/mol. The summed E-state index contributed by atoms with van der Waals surface area (Å²) < 4.78 is 11.2. The number of hydrogen-bond acceptors (Lipinski definition) is 7. The van der Waals surface area contributed by atoms with Crippen LogP contribution in [0, 0.1) is 0 Å². The Morgan fingerprint density at radius 2 is 1.84 bits per heavy atom. The van der Waals surface area contributed by atoms with Crippen LogP contribution in [0.3, 0.4) is 0 Å². The molecule has 9 nitrogen and oxygen atoms in total. The molecule has 1 aliphatic rings. The minimum absolute atomic E-state index is 0.0149. The Balaban J connectivity index is 1.32. The van der Waals surface area contributed by atoms with E-state index in [1.165, 1.54) is 0 Å². The van der Waals surface area contributed by atoms with Gasteiger partial charge in [0.2, 0.25) is 5.95 Å². The van der Waals surface area contributed by atoms with Crippen LogP contribution in [-0.4, -0.2) is 86.9 Å². The van der Waals surface area contributed by atoms with Crippen molar-refractivity contribution in [3.8, 4) is 11.5 Å². The number of nitrogens with zero attached hydrogens (tertiary/aromatic N) is 5. The highest BCUT2D eigenvalue weighted by Crippen LogP contribution is 2.19. The molecule has 2 N–H and O–H groups in total. The summed E-state index contributed by atoms with van der Waals surface area (Å²) in [6.07, 6.45) is 3.57. The van der Waals surface area contributed by atoms with E-state index in [0.717, 1.165) is 62.7 Å². The number of rotatable bonds is 9. The fourth-order valence-corrected chi connectivity index (χ4v) is 3.37. The van der Waals surface area contributed by atoms with E-state index < -0.39 is 0 Å². The van der Waals surface area contributed by atoms with Gasteiger partial charge in [-0.1, -0.05) is 6.07 Å². The molecule has 1 saturated heterocycles. The summed E-state index contributed by atoms with van der Waals surface area (Å²) >= 11 is 0. The number of aromatic nitrogens is 2. The Hall–Kier alpha value is -3.07. The summed E-state index contributed by atoms with van der Waals surface area (Å²) in [5, 5.41) is 6.70. The molecule has 2 aromatic rings. The van der Waals surface area contributed by atoms with Crippen molar-refractivity contribution >= 4 is 11.9 Å². The van der Waals surface area contributed by atoms with Crippen LogP contribution in [-0.2, 0) is 0 Å². The third-order valence-electron chi connectivity index (χ3n) is 5.09. The van der Waals surface area contributed by atoms with Crippen LogP contribution in [0.5, 0.6) is 11.5 Å². The van der Waals surface area contributed by atoms with Crippen molar-refractivity contribution in [1.82, 2.24) is 25.5 Å². The first-order valence-corrected chi connectivity index (χ1v) is 10.7. The van der Waals surface area contributed by atoms with Crippen molar-refractivity contribution in [2.45, 2.75) is 13.0 Å². The lowest BCUT2D eigenvalue weighted by molar-refractivity contribution is 0.222. The quantitative estimate of drug-likeness (QED) is 0.457. The molecule has 1 atom stereocenters. The van der Waals surface area contributed by atoms with Crippen LogP contribution < -0.4 is 25.0 Å². The maximum Gasteiger partial charge on any atom is 0.225 e. The third-order valence-corrected chi connectivity index (χ3v) is 5.09. The van der Waals surface area contributed by atoms with Gasteiger partial charge in [0.25, 0.3) is 0 Å². The number of nitrogens with one attached hydrogen (secondary N) is 2. The predicted octanol–water partition coefficient (Wildman–Crippen LogP) is 1.24. The van der Waals surface area contributed by atoms with Gasteiger partial charge in [-0.25, -0.2) is 9.97 Å². The molecule has 3 rings (SSSR count). The zero-order chi connectivity index (χ0) is 21.9. The second-order valence-electron chi connectivity index (χ2n) is 7.36. The maximum atomic E-state index is 5.95. The smallest absolute Gasteiger partial charge is 0.225 e. The Morgan fingerprint density at radius 3 is 2.55 bits per heavy atom. The molecule has 0 spiro atoms. The van der Waals surface area contributed by atoms with Crippen LogP contribution in [0.25, 0.3) is 0 Å². The van der Waals surface area contributed by atoms with Crippen molar-refractivity contribution in [3.05, 3.63) is 42.7 Å². The molecule has 0 aliphatic carbocycles. The zero-order valence-corrected chi connectivity index (χ0v) is 18.6. The first-order chi connectivity index (χ1) is 15.2. The molecular formula is C22H33N7O2. The molecule has 1 aliphatic heterocycles. The fraction of sp³-hybridized carbons (Fsp3) is 0.500. The number of aliphatic imine (C=N–C) groups is 1. The van der Waals surface area contributed by atoms with Gasteiger partial charge < -0.3 is 25.0 Å². The molecule has 9 heteroatoms. The van der Waals surface area contributed by atoms with Crippen LogP contribution in [0.1, 0.15) is 6.92 Å². The number of anilines is 1. The van der Waals surface area contributed by atoms with Gasteiger partial charge in [-0.2, -0.15) is 0 Å². The standard InChI is InChI=1S/C22H33N7O2/c1-18(31-20-7-4-6-19(16-20)30-3)17-27-21(23-2)24-10-11-28-12-14-29(15-13-28)22-25-8-5-9-26-22/h4-9,16,18H,10-15,17H2,1-3H3,(H2,23,24,27). The lowest BCUT2D eigenvalue weighted by atomic mass is 10.3. The summed E-state index contributed by atoms with van der Waals surface area (Å²) in [5.74, 6) is 3.16. The van der Waals surface area contributed by atoms with E-state index in [9.17, 15) is 0 Å². The van der Waals surface area contributed by atoms with Gasteiger partial charge in [-0.3, -0.25) is 9.89 Å². The molecule has 0 radical (unpaired) electrons. The summed E-state index contributed by atoms with van der Waals surface area (Å²) in [7, 11) is 3.43. The van der Waals surface area contributed by atoms with Gasteiger partial charge >= 0.3 is 0 Å². The summed E-state index contributed by atoms with van der Waals surface area (Å²) in [6, 6.07) is 9.47. The van der Waals surface area contributed by atoms with Crippen molar-refractivity contribution in [2.24, 2.45) is 4.99 Å². The van der Waals surface area contributed by atoms with Gasteiger partial charge in [-0.05, 0) is 25.1 Å². The molecule has 2 heterocycles. The SMILES string of the molecule is CN=C(NCCN1CCN(c2ncccn2)CC1)NCC(C)Oc1cccc(OC)c1. The van der Waals surface area contributed by atoms with E-state index in [2.05, 4.69) is 35.4 Å². The van der Waals surface area contributed by atoms with Crippen LogP contribution in [0.15, 0.2) is 47.7 Å². The number of hydrogen-bond donors (Lipinski definition) is 2. The number of benzene rings is 1.